The smallest absolute Gasteiger partial charge is 0.305 e. The lowest BCUT2D eigenvalue weighted by Gasteiger charge is -2.23. The molecule has 0 unspecified atom stereocenters. The van der Waals surface area contributed by atoms with Gasteiger partial charge in [0.25, 0.3) is 5.91 Å². The number of thiocarbonyl (C=S) groups is 1. The molecule has 1 amide bonds. The highest BCUT2D eigenvalue weighted by atomic mass is 32.2. The largest absolute Gasteiger partial charge is 0.481 e. The molecule has 1 aromatic rings. The first-order chi connectivity index (χ1) is 12.2. The Bertz CT molecular complexity index is 858. The third-order valence-corrected chi connectivity index (χ3v) is 6.15. The maximum absolute atomic E-state index is 12.5. The number of carboxylic acid groups (broad SMARTS) is 1. The Balaban J connectivity index is 1.87. The molecule has 136 valence electrons. The van der Waals surface area contributed by atoms with Gasteiger partial charge >= 0.3 is 5.97 Å². The minimum atomic E-state index is -0.947. The van der Waals surface area contributed by atoms with E-state index < -0.39 is 5.97 Å². The number of anilines is 1. The first-order valence-corrected chi connectivity index (χ1v) is 9.47. The normalized spacial score (nSPS) is 21.8. The molecule has 5 nitrogen and oxygen atoms in total. The van der Waals surface area contributed by atoms with Crippen LogP contribution in [0.1, 0.15) is 25.8 Å². The second kappa shape index (κ2) is 6.89. The van der Waals surface area contributed by atoms with E-state index in [4.69, 9.17) is 17.3 Å². The Morgan fingerprint density at radius 2 is 2.00 bits per heavy atom. The number of rotatable bonds is 4. The first kappa shape index (κ1) is 18.7. The fourth-order valence-corrected chi connectivity index (χ4v) is 4.62. The SMILES string of the molecule is CN1/C(=C\C=C2/SC(=S)N(CCC(=O)O)C2=O)C(C)(C)c2ccccc21. The maximum atomic E-state index is 12.5. The van der Waals surface area contributed by atoms with Crippen LogP contribution in [0.25, 0.3) is 0 Å². The first-order valence-electron chi connectivity index (χ1n) is 8.24. The van der Waals surface area contributed by atoms with E-state index in [1.54, 1.807) is 6.08 Å². The average Bonchev–Trinajstić information content (AvgIpc) is 2.96. The van der Waals surface area contributed by atoms with E-state index in [2.05, 4.69) is 30.9 Å². The number of aliphatic carboxylic acids is 1. The van der Waals surface area contributed by atoms with Gasteiger partial charge in [-0.05, 0) is 23.8 Å². The topological polar surface area (TPSA) is 60.9 Å². The molecule has 0 atom stereocenters. The van der Waals surface area contributed by atoms with Crippen molar-refractivity contribution in [1.82, 2.24) is 4.90 Å². The summed E-state index contributed by atoms with van der Waals surface area (Å²) in [5, 5.41) is 8.81. The molecule has 3 rings (SSSR count). The minimum Gasteiger partial charge on any atom is -0.481 e. The highest BCUT2D eigenvalue weighted by molar-refractivity contribution is 8.26. The molecule has 0 aliphatic carbocycles. The zero-order valence-corrected chi connectivity index (χ0v) is 16.5. The van der Waals surface area contributed by atoms with E-state index in [0.29, 0.717) is 9.23 Å². The fraction of sp³-hybridized carbons (Fsp3) is 0.316. The molecule has 0 spiro atoms. The second-order valence-corrected chi connectivity index (χ2v) is 8.43. The van der Waals surface area contributed by atoms with Gasteiger partial charge < -0.3 is 10.0 Å². The molecule has 0 aromatic heterocycles. The number of thioether (sulfide) groups is 1. The van der Waals surface area contributed by atoms with Gasteiger partial charge in [0.05, 0.1) is 11.3 Å². The molecule has 0 saturated carbocycles. The molecular formula is C19H20N2O3S2. The van der Waals surface area contributed by atoms with Crippen LogP contribution < -0.4 is 4.90 Å². The van der Waals surface area contributed by atoms with E-state index in [-0.39, 0.29) is 24.3 Å². The highest BCUT2D eigenvalue weighted by Gasteiger charge is 2.38. The van der Waals surface area contributed by atoms with Gasteiger partial charge in [-0.15, -0.1) is 0 Å². The van der Waals surface area contributed by atoms with Gasteiger partial charge in [0.15, 0.2) is 0 Å². The number of benzene rings is 1. The number of nitrogens with zero attached hydrogens (tertiary/aromatic N) is 2. The van der Waals surface area contributed by atoms with Gasteiger partial charge in [0.2, 0.25) is 0 Å². The van der Waals surface area contributed by atoms with E-state index in [1.165, 1.54) is 22.2 Å². The van der Waals surface area contributed by atoms with E-state index >= 15 is 0 Å². The molecule has 1 N–H and O–H groups in total. The Labute approximate surface area is 162 Å². The number of likely N-dealkylation sites (N-methyl/N-ethyl adjacent to an activating group) is 1. The lowest BCUT2D eigenvalue weighted by molar-refractivity contribution is -0.137. The number of amides is 1. The van der Waals surface area contributed by atoms with Crippen molar-refractivity contribution in [2.24, 2.45) is 0 Å². The number of carboxylic acids is 1. The van der Waals surface area contributed by atoms with Gasteiger partial charge in [-0.25, -0.2) is 0 Å². The standard InChI is InChI=1S/C19H20N2O3S2/c1-19(2)12-6-4-5-7-13(12)20(3)15(19)9-8-14-17(24)21(18(25)26-14)11-10-16(22)23/h4-9H,10-11H2,1-3H3,(H,22,23)/b14-8-,15-9-. The molecule has 1 saturated heterocycles. The average molecular weight is 389 g/mol. The summed E-state index contributed by atoms with van der Waals surface area (Å²) in [4.78, 5) is 27.3. The van der Waals surface area contributed by atoms with Crippen LogP contribution in [-0.4, -0.2) is 39.8 Å². The van der Waals surface area contributed by atoms with Gasteiger partial charge in [-0.1, -0.05) is 56.0 Å². The summed E-state index contributed by atoms with van der Waals surface area (Å²) < 4.78 is 0.406. The predicted molar refractivity (Wildman–Crippen MR) is 108 cm³/mol. The summed E-state index contributed by atoms with van der Waals surface area (Å²) in [6.07, 6.45) is 3.63. The second-order valence-electron chi connectivity index (χ2n) is 6.75. The summed E-state index contributed by atoms with van der Waals surface area (Å²) in [6.45, 7) is 4.42. The summed E-state index contributed by atoms with van der Waals surface area (Å²) in [6, 6.07) is 8.26. The maximum Gasteiger partial charge on any atom is 0.305 e. The van der Waals surface area contributed by atoms with Crippen molar-refractivity contribution in [3.05, 3.63) is 52.6 Å². The summed E-state index contributed by atoms with van der Waals surface area (Å²) in [5.41, 5.74) is 3.33. The number of carbonyl (C=O) groups excluding carboxylic acids is 1. The van der Waals surface area contributed by atoms with Crippen LogP contribution in [0.2, 0.25) is 0 Å². The summed E-state index contributed by atoms with van der Waals surface area (Å²) in [7, 11) is 2.02. The van der Waals surface area contributed by atoms with E-state index in [9.17, 15) is 9.59 Å². The quantitative estimate of drug-likeness (QED) is 0.629. The monoisotopic (exact) mass is 388 g/mol. The molecule has 1 aromatic carbocycles. The van der Waals surface area contributed by atoms with Gasteiger partial charge in [0.1, 0.15) is 4.32 Å². The fourth-order valence-electron chi connectivity index (χ4n) is 3.37. The molecule has 2 aliphatic heterocycles. The molecule has 2 heterocycles. The van der Waals surface area contributed by atoms with E-state index in [1.807, 2.05) is 25.3 Å². The molecule has 1 fully saturated rings. The number of hydrogen-bond acceptors (Lipinski definition) is 5. The van der Waals surface area contributed by atoms with Crippen LogP contribution in [0, 0.1) is 0 Å². The van der Waals surface area contributed by atoms with Crippen LogP contribution in [0.5, 0.6) is 0 Å². The zero-order valence-electron chi connectivity index (χ0n) is 14.9. The Morgan fingerprint density at radius 1 is 1.31 bits per heavy atom. The lowest BCUT2D eigenvalue weighted by Crippen LogP contribution is -2.30. The lowest BCUT2D eigenvalue weighted by atomic mass is 9.84. The van der Waals surface area contributed by atoms with E-state index in [0.717, 1.165) is 11.4 Å². The molecule has 0 radical (unpaired) electrons. The van der Waals surface area contributed by atoms with Crippen molar-refractivity contribution in [2.75, 3.05) is 18.5 Å². The molecule has 26 heavy (non-hydrogen) atoms. The summed E-state index contributed by atoms with van der Waals surface area (Å²) >= 11 is 6.44. The van der Waals surface area contributed by atoms with Crippen molar-refractivity contribution >= 4 is 45.9 Å². The minimum absolute atomic E-state index is 0.102. The van der Waals surface area contributed by atoms with Crippen LogP contribution in [0.15, 0.2) is 47.0 Å². The number of carbonyl (C=O) groups is 2. The predicted octanol–water partition coefficient (Wildman–Crippen LogP) is 3.52. The number of hydrogen-bond donors (Lipinski definition) is 1. The highest BCUT2D eigenvalue weighted by Crippen LogP contribution is 2.46. The third kappa shape index (κ3) is 3.17. The number of fused-ring (bicyclic) bond motifs is 1. The molecule has 0 bridgehead atoms. The number of allylic oxidation sites excluding steroid dienone is 3. The van der Waals surface area contributed by atoms with Gasteiger partial charge in [-0.2, -0.15) is 0 Å². The van der Waals surface area contributed by atoms with Gasteiger partial charge in [0, 0.05) is 30.4 Å². The Morgan fingerprint density at radius 3 is 2.65 bits per heavy atom. The van der Waals surface area contributed by atoms with Crippen molar-refractivity contribution in [1.29, 1.82) is 0 Å². The Hall–Kier alpha value is -2.12. The van der Waals surface area contributed by atoms with Gasteiger partial charge in [-0.3, -0.25) is 14.5 Å². The van der Waals surface area contributed by atoms with Crippen LogP contribution >= 0.6 is 24.0 Å². The van der Waals surface area contributed by atoms with Crippen LogP contribution in [0.4, 0.5) is 5.69 Å². The zero-order chi connectivity index (χ0) is 19.1. The van der Waals surface area contributed by atoms with Crippen molar-refractivity contribution in [2.45, 2.75) is 25.7 Å². The van der Waals surface area contributed by atoms with Crippen molar-refractivity contribution < 1.29 is 14.7 Å². The third-order valence-electron chi connectivity index (χ3n) is 4.76. The number of para-hydroxylation sites is 1. The molecule has 7 heteroatoms. The Kier molecular flexibility index (Phi) is 4.94. The van der Waals surface area contributed by atoms with Crippen molar-refractivity contribution in [3.8, 4) is 0 Å². The van der Waals surface area contributed by atoms with Crippen molar-refractivity contribution in [3.63, 3.8) is 0 Å². The molecule has 2 aliphatic rings. The van der Waals surface area contributed by atoms with Crippen LogP contribution in [0.3, 0.4) is 0 Å². The summed E-state index contributed by atoms with van der Waals surface area (Å²) in [5.74, 6) is -1.17. The molecular weight excluding hydrogens is 368 g/mol. The van der Waals surface area contributed by atoms with Crippen LogP contribution in [-0.2, 0) is 15.0 Å².